The zero-order valence-electron chi connectivity index (χ0n) is 14.1. The van der Waals surface area contributed by atoms with Crippen LogP contribution in [0.25, 0.3) is 0 Å². The van der Waals surface area contributed by atoms with E-state index in [2.05, 4.69) is 10.6 Å². The monoisotopic (exact) mass is 328 g/mol. The van der Waals surface area contributed by atoms with Gasteiger partial charge in [-0.15, -0.1) is 0 Å². The van der Waals surface area contributed by atoms with Crippen LogP contribution in [0.3, 0.4) is 0 Å². The first-order valence-electron chi connectivity index (χ1n) is 7.99. The molecule has 0 heterocycles. The molecule has 0 aliphatic rings. The third-order valence-corrected chi connectivity index (χ3v) is 3.58. The lowest BCUT2D eigenvalue weighted by atomic mass is 10.1. The molecule has 128 valence electrons. The third-order valence-electron chi connectivity index (χ3n) is 3.58. The molecule has 1 unspecified atom stereocenters. The zero-order valence-corrected chi connectivity index (χ0v) is 14.1. The Morgan fingerprint density at radius 1 is 1.12 bits per heavy atom. The average molecular weight is 328 g/mol. The average Bonchev–Trinajstić information content (AvgIpc) is 2.56. The number of rotatable bonds is 7. The topological polar surface area (TPSA) is 70.6 Å². The number of ether oxygens (including phenoxy) is 1. The van der Waals surface area contributed by atoms with E-state index in [4.69, 9.17) is 9.84 Å². The Morgan fingerprint density at radius 2 is 1.88 bits per heavy atom. The molecule has 0 aliphatic carbocycles. The van der Waals surface area contributed by atoms with Gasteiger partial charge < -0.3 is 20.5 Å². The maximum Gasteiger partial charge on any atom is 0.319 e. The maximum atomic E-state index is 12.1. The number of aliphatic hydroxyl groups is 1. The molecule has 0 saturated carbocycles. The van der Waals surface area contributed by atoms with Gasteiger partial charge in [-0.25, -0.2) is 4.79 Å². The lowest BCUT2D eigenvalue weighted by Gasteiger charge is -2.19. The summed E-state index contributed by atoms with van der Waals surface area (Å²) in [4.78, 5) is 12.1. The number of nitrogens with one attached hydrogen (secondary N) is 2. The number of carbonyl (C=O) groups excluding carboxylic acids is 1. The fourth-order valence-electron chi connectivity index (χ4n) is 2.33. The van der Waals surface area contributed by atoms with Crippen molar-refractivity contribution in [1.29, 1.82) is 0 Å². The van der Waals surface area contributed by atoms with E-state index in [9.17, 15) is 4.79 Å². The fourth-order valence-corrected chi connectivity index (χ4v) is 2.33. The molecule has 0 radical (unpaired) electrons. The van der Waals surface area contributed by atoms with Crippen LogP contribution < -0.4 is 10.6 Å². The van der Waals surface area contributed by atoms with Gasteiger partial charge >= 0.3 is 6.03 Å². The second-order valence-electron chi connectivity index (χ2n) is 5.70. The van der Waals surface area contributed by atoms with E-state index < -0.39 is 0 Å². The van der Waals surface area contributed by atoms with Gasteiger partial charge in [-0.05, 0) is 37.1 Å². The number of amides is 2. The molecule has 0 spiro atoms. The van der Waals surface area contributed by atoms with Gasteiger partial charge in [-0.3, -0.25) is 0 Å². The third kappa shape index (κ3) is 5.68. The minimum Gasteiger partial charge on any atom is -0.394 e. The summed E-state index contributed by atoms with van der Waals surface area (Å²) in [5, 5.41) is 14.6. The van der Waals surface area contributed by atoms with Crippen LogP contribution >= 0.6 is 0 Å². The highest BCUT2D eigenvalue weighted by Crippen LogP contribution is 2.17. The van der Waals surface area contributed by atoms with E-state index in [1.54, 1.807) is 0 Å². The van der Waals surface area contributed by atoms with Gasteiger partial charge in [-0.1, -0.05) is 42.0 Å². The first kappa shape index (κ1) is 18.0. The molecule has 24 heavy (non-hydrogen) atoms. The minimum atomic E-state index is -0.305. The summed E-state index contributed by atoms with van der Waals surface area (Å²) in [5.74, 6) is 0. The molecule has 3 N–H and O–H groups in total. The highest BCUT2D eigenvalue weighted by atomic mass is 16.5. The van der Waals surface area contributed by atoms with Crippen LogP contribution in [0.2, 0.25) is 0 Å². The van der Waals surface area contributed by atoms with Crippen LogP contribution in [0.15, 0.2) is 48.5 Å². The molecular weight excluding hydrogens is 304 g/mol. The Kier molecular flexibility index (Phi) is 6.78. The minimum absolute atomic E-state index is 0.0577. The second kappa shape index (κ2) is 9.05. The number of urea groups is 1. The number of aryl methyl sites for hydroxylation is 2. The molecule has 2 amide bonds. The van der Waals surface area contributed by atoms with Crippen molar-refractivity contribution in [2.45, 2.75) is 20.0 Å². The summed E-state index contributed by atoms with van der Waals surface area (Å²) < 4.78 is 5.64. The van der Waals surface area contributed by atoms with Crippen LogP contribution in [0.4, 0.5) is 10.5 Å². The van der Waals surface area contributed by atoms with Gasteiger partial charge in [0.05, 0.1) is 19.3 Å². The highest BCUT2D eigenvalue weighted by molar-refractivity contribution is 5.89. The fraction of sp³-hybridized carbons (Fsp3) is 0.316. The molecule has 2 aromatic rings. The summed E-state index contributed by atoms with van der Waals surface area (Å²) in [6.45, 7) is 4.47. The van der Waals surface area contributed by atoms with E-state index in [0.29, 0.717) is 6.54 Å². The van der Waals surface area contributed by atoms with Crippen LogP contribution in [-0.2, 0) is 4.74 Å². The van der Waals surface area contributed by atoms with Crippen LogP contribution in [0, 0.1) is 13.8 Å². The van der Waals surface area contributed by atoms with Crippen molar-refractivity contribution in [2.75, 3.05) is 25.1 Å². The molecule has 0 fully saturated rings. The molecule has 5 heteroatoms. The second-order valence-corrected chi connectivity index (χ2v) is 5.70. The van der Waals surface area contributed by atoms with E-state index in [1.807, 2.05) is 62.4 Å². The molecule has 5 nitrogen and oxygen atoms in total. The first-order chi connectivity index (χ1) is 11.6. The van der Waals surface area contributed by atoms with E-state index in [0.717, 1.165) is 22.4 Å². The van der Waals surface area contributed by atoms with Crippen molar-refractivity contribution >= 4 is 11.7 Å². The Hall–Kier alpha value is -2.37. The maximum absolute atomic E-state index is 12.1. The first-order valence-corrected chi connectivity index (χ1v) is 7.99. The Bertz CT molecular complexity index is 656. The van der Waals surface area contributed by atoms with Gasteiger partial charge in [0, 0.05) is 12.2 Å². The quantitative estimate of drug-likeness (QED) is 0.731. The van der Waals surface area contributed by atoms with Gasteiger partial charge in [0.1, 0.15) is 0 Å². The van der Waals surface area contributed by atoms with Crippen molar-refractivity contribution < 1.29 is 14.6 Å². The molecule has 2 rings (SSSR count). The number of aliphatic hydroxyl groups excluding tert-OH is 1. The predicted molar refractivity (Wildman–Crippen MR) is 95.2 cm³/mol. The van der Waals surface area contributed by atoms with Crippen LogP contribution in [0.5, 0.6) is 0 Å². The van der Waals surface area contributed by atoms with Gasteiger partial charge in [0.15, 0.2) is 0 Å². The smallest absolute Gasteiger partial charge is 0.319 e. The molecule has 0 aromatic heterocycles. The Morgan fingerprint density at radius 3 is 2.54 bits per heavy atom. The Labute approximate surface area is 142 Å². The Balaban J connectivity index is 1.94. The zero-order chi connectivity index (χ0) is 17.4. The van der Waals surface area contributed by atoms with E-state index in [1.165, 1.54) is 0 Å². The lowest BCUT2D eigenvalue weighted by Crippen LogP contribution is -2.33. The van der Waals surface area contributed by atoms with Gasteiger partial charge in [0.25, 0.3) is 0 Å². The molecule has 1 atom stereocenters. The lowest BCUT2D eigenvalue weighted by molar-refractivity contribution is 0.0297. The molecule has 0 aliphatic heterocycles. The number of hydrogen-bond donors (Lipinski definition) is 3. The van der Waals surface area contributed by atoms with Crippen molar-refractivity contribution in [3.05, 3.63) is 65.2 Å². The standard InChI is InChI=1S/C19H24N2O3/c1-14-6-8-16(9-7-14)18(24-11-10-22)13-20-19(23)21-17-5-3-4-15(2)12-17/h3-9,12,18,22H,10-11,13H2,1-2H3,(H2,20,21,23). The normalized spacial score (nSPS) is 11.8. The number of hydrogen-bond acceptors (Lipinski definition) is 3. The van der Waals surface area contributed by atoms with E-state index in [-0.39, 0.29) is 25.3 Å². The van der Waals surface area contributed by atoms with Crippen molar-refractivity contribution in [3.63, 3.8) is 0 Å². The highest BCUT2D eigenvalue weighted by Gasteiger charge is 2.13. The molecule has 0 saturated heterocycles. The van der Waals surface area contributed by atoms with Crippen LogP contribution in [-0.4, -0.2) is 30.9 Å². The van der Waals surface area contributed by atoms with Gasteiger partial charge in [0.2, 0.25) is 0 Å². The summed E-state index contributed by atoms with van der Waals surface area (Å²) in [6, 6.07) is 15.3. The number of carbonyl (C=O) groups is 1. The summed E-state index contributed by atoms with van der Waals surface area (Å²) >= 11 is 0. The number of benzene rings is 2. The molecule has 2 aromatic carbocycles. The van der Waals surface area contributed by atoms with Crippen molar-refractivity contribution in [2.24, 2.45) is 0 Å². The SMILES string of the molecule is Cc1ccc(C(CNC(=O)Nc2cccc(C)c2)OCCO)cc1. The number of anilines is 1. The van der Waals surface area contributed by atoms with Crippen molar-refractivity contribution in [3.8, 4) is 0 Å². The molecular formula is C19H24N2O3. The molecule has 0 bridgehead atoms. The van der Waals surface area contributed by atoms with Gasteiger partial charge in [-0.2, -0.15) is 0 Å². The van der Waals surface area contributed by atoms with Crippen LogP contribution in [0.1, 0.15) is 22.8 Å². The summed E-state index contributed by atoms with van der Waals surface area (Å²) in [6.07, 6.45) is -0.305. The summed E-state index contributed by atoms with van der Waals surface area (Å²) in [7, 11) is 0. The van der Waals surface area contributed by atoms with E-state index >= 15 is 0 Å². The van der Waals surface area contributed by atoms with Crippen molar-refractivity contribution in [1.82, 2.24) is 5.32 Å². The largest absolute Gasteiger partial charge is 0.394 e. The predicted octanol–water partition coefficient (Wildman–Crippen LogP) is 3.18. The summed E-state index contributed by atoms with van der Waals surface area (Å²) in [5.41, 5.74) is 3.95.